The summed E-state index contributed by atoms with van der Waals surface area (Å²) in [4.78, 5) is 35.2. The van der Waals surface area contributed by atoms with Crippen LogP contribution in [0.15, 0.2) is 64.9 Å². The predicted molar refractivity (Wildman–Crippen MR) is 135 cm³/mol. The van der Waals surface area contributed by atoms with Gasteiger partial charge in [0.05, 0.1) is 5.92 Å². The molecule has 6 heteroatoms. The molecule has 0 aromatic heterocycles. The van der Waals surface area contributed by atoms with Gasteiger partial charge in [-0.05, 0) is 67.7 Å². The second kappa shape index (κ2) is 10.0. The van der Waals surface area contributed by atoms with E-state index in [4.69, 9.17) is 5.73 Å². The first-order valence-corrected chi connectivity index (χ1v) is 12.4. The molecule has 0 spiro atoms. The second-order valence-electron chi connectivity index (χ2n) is 10.4. The lowest BCUT2D eigenvalue weighted by Gasteiger charge is -2.37. The Morgan fingerprint density at radius 1 is 1.29 bits per heavy atom. The molecule has 2 amide bonds. The van der Waals surface area contributed by atoms with Gasteiger partial charge in [0.2, 0.25) is 5.91 Å². The minimum atomic E-state index is -0.782. The Morgan fingerprint density at radius 3 is 2.74 bits per heavy atom. The first-order chi connectivity index (χ1) is 16.3. The molecule has 1 aromatic carbocycles. The molecule has 4 rings (SSSR count). The zero-order valence-electron chi connectivity index (χ0n) is 20.5. The molecule has 2 N–H and O–H groups in total. The summed E-state index contributed by atoms with van der Waals surface area (Å²) in [6.07, 6.45) is 9.17. The minimum absolute atomic E-state index is 0.0183. The van der Waals surface area contributed by atoms with E-state index in [1.807, 2.05) is 60.4 Å². The van der Waals surface area contributed by atoms with Crippen LogP contribution in [0.25, 0.3) is 0 Å². The molecule has 0 radical (unpaired) electrons. The van der Waals surface area contributed by atoms with Gasteiger partial charge in [0.15, 0.2) is 5.96 Å². The van der Waals surface area contributed by atoms with E-state index in [1.165, 1.54) is 0 Å². The van der Waals surface area contributed by atoms with Gasteiger partial charge in [-0.2, -0.15) is 0 Å². The van der Waals surface area contributed by atoms with E-state index in [0.717, 1.165) is 36.9 Å². The van der Waals surface area contributed by atoms with Crippen molar-refractivity contribution in [2.45, 2.75) is 57.9 Å². The van der Waals surface area contributed by atoms with Gasteiger partial charge in [-0.15, -0.1) is 5.73 Å². The largest absolute Gasteiger partial charge is 0.369 e. The molecule has 1 saturated heterocycles. The zero-order chi connectivity index (χ0) is 24.3. The number of nitrogens with zero attached hydrogens (tertiary/aromatic N) is 3. The number of hydrogen-bond acceptors (Lipinski definition) is 4. The number of benzene rings is 1. The van der Waals surface area contributed by atoms with Gasteiger partial charge in [0, 0.05) is 19.6 Å². The lowest BCUT2D eigenvalue weighted by Crippen LogP contribution is -2.50. The number of rotatable bonds is 7. The fourth-order valence-corrected chi connectivity index (χ4v) is 5.56. The number of piperidine rings is 1. The van der Waals surface area contributed by atoms with Gasteiger partial charge in [0.25, 0.3) is 5.91 Å². The highest BCUT2D eigenvalue weighted by atomic mass is 16.2. The van der Waals surface area contributed by atoms with E-state index in [9.17, 15) is 9.59 Å². The van der Waals surface area contributed by atoms with Crippen LogP contribution in [-0.2, 0) is 9.59 Å². The molecule has 0 bridgehead atoms. The van der Waals surface area contributed by atoms with Crippen LogP contribution in [0.2, 0.25) is 0 Å². The van der Waals surface area contributed by atoms with Crippen molar-refractivity contribution in [3.63, 3.8) is 0 Å². The van der Waals surface area contributed by atoms with E-state index in [1.54, 1.807) is 4.90 Å². The summed E-state index contributed by atoms with van der Waals surface area (Å²) in [5.41, 5.74) is 10.6. The average molecular weight is 461 g/mol. The van der Waals surface area contributed by atoms with Crippen LogP contribution in [0.4, 0.5) is 0 Å². The minimum Gasteiger partial charge on any atom is -0.369 e. The number of nitrogens with two attached hydrogens (primary N) is 1. The fraction of sp³-hybridized carbons (Fsp3) is 0.500. The quantitative estimate of drug-likeness (QED) is 0.625. The molecular formula is C28H36N4O2. The average Bonchev–Trinajstić information content (AvgIpc) is 3.03. The third-order valence-electron chi connectivity index (χ3n) is 7.02. The Bertz CT molecular complexity index is 1050. The van der Waals surface area contributed by atoms with Crippen molar-refractivity contribution in [1.29, 1.82) is 0 Å². The first-order valence-electron chi connectivity index (χ1n) is 12.4. The van der Waals surface area contributed by atoms with Crippen molar-refractivity contribution in [2.24, 2.45) is 22.6 Å². The van der Waals surface area contributed by atoms with E-state index in [2.05, 4.69) is 24.6 Å². The highest BCUT2D eigenvalue weighted by Gasteiger charge is 2.45. The Hall–Kier alpha value is -3.11. The molecule has 180 valence electrons. The molecule has 3 aliphatic rings. The molecule has 1 aliphatic carbocycles. The molecule has 34 heavy (non-hydrogen) atoms. The number of aliphatic imine (C=N–C) groups is 1. The van der Waals surface area contributed by atoms with Crippen molar-refractivity contribution < 1.29 is 9.59 Å². The monoisotopic (exact) mass is 460 g/mol. The van der Waals surface area contributed by atoms with Crippen molar-refractivity contribution in [2.75, 3.05) is 19.6 Å². The number of amides is 2. The molecular weight excluding hydrogens is 424 g/mol. The Balaban J connectivity index is 1.48. The maximum atomic E-state index is 13.8. The third kappa shape index (κ3) is 5.02. The Morgan fingerprint density at radius 2 is 2.06 bits per heavy atom. The highest BCUT2D eigenvalue weighted by Crippen LogP contribution is 2.33. The topological polar surface area (TPSA) is 79.0 Å². The fourth-order valence-electron chi connectivity index (χ4n) is 5.56. The van der Waals surface area contributed by atoms with Crippen LogP contribution in [0.1, 0.15) is 57.9 Å². The summed E-state index contributed by atoms with van der Waals surface area (Å²) >= 11 is 0. The molecule has 1 aromatic rings. The maximum absolute atomic E-state index is 13.8. The molecule has 0 saturated carbocycles. The summed E-state index contributed by atoms with van der Waals surface area (Å²) in [5, 5.41) is 0. The smallest absolute Gasteiger partial charge is 0.257 e. The number of carbonyl (C=O) groups excluding carboxylic acids is 2. The number of carbonyl (C=O) groups is 2. The van der Waals surface area contributed by atoms with Crippen LogP contribution in [0.3, 0.4) is 0 Å². The summed E-state index contributed by atoms with van der Waals surface area (Å²) in [7, 11) is 0. The van der Waals surface area contributed by atoms with Crippen molar-refractivity contribution in [3.8, 4) is 0 Å². The summed E-state index contributed by atoms with van der Waals surface area (Å²) < 4.78 is 0. The van der Waals surface area contributed by atoms with Gasteiger partial charge in [-0.1, -0.05) is 50.3 Å². The Kier molecular flexibility index (Phi) is 7.08. The van der Waals surface area contributed by atoms with E-state index < -0.39 is 5.54 Å². The van der Waals surface area contributed by atoms with E-state index in [-0.39, 0.29) is 23.7 Å². The molecule has 3 atom stereocenters. The zero-order valence-corrected chi connectivity index (χ0v) is 20.5. The molecule has 2 heterocycles. The van der Waals surface area contributed by atoms with Crippen molar-refractivity contribution >= 4 is 17.8 Å². The number of guanidine groups is 1. The van der Waals surface area contributed by atoms with Crippen LogP contribution >= 0.6 is 0 Å². The van der Waals surface area contributed by atoms with Gasteiger partial charge in [0.1, 0.15) is 5.54 Å². The van der Waals surface area contributed by atoms with Gasteiger partial charge < -0.3 is 10.6 Å². The van der Waals surface area contributed by atoms with Gasteiger partial charge >= 0.3 is 0 Å². The summed E-state index contributed by atoms with van der Waals surface area (Å²) in [5.74, 6) is 0.643. The summed E-state index contributed by atoms with van der Waals surface area (Å²) in [6, 6.07) is 10.0. The number of allylic oxidation sites excluding steroid dienone is 2. The van der Waals surface area contributed by atoms with Crippen molar-refractivity contribution in [1.82, 2.24) is 9.80 Å². The first kappa shape index (κ1) is 24.0. The van der Waals surface area contributed by atoms with Crippen LogP contribution in [0, 0.1) is 11.8 Å². The standard InChI is InChI=1S/C28H36N4O2/c1-20(2)17-28(3)26(34)32(27(29)30-28)19-21-11-10-16-31(18-21)25(33)24(22-12-6-4-7-13-22)23-14-8-5-9-15-23/h4,6-9,12-14,20-21,24H,10-11,15-19H2,1-3H3,(H2,29,30). The molecule has 6 nitrogen and oxygen atoms in total. The van der Waals surface area contributed by atoms with Crippen LogP contribution in [-0.4, -0.2) is 52.7 Å². The van der Waals surface area contributed by atoms with Crippen molar-refractivity contribution in [3.05, 3.63) is 65.4 Å². The SMILES string of the molecule is CC(C)CC1(C)N=C(N)N(CC2CCCN(C(=O)C(C3=CC=C=CC3)c3ccccc3)C2)C1=O. The lowest BCUT2D eigenvalue weighted by molar-refractivity contribution is -0.134. The molecule has 2 aliphatic heterocycles. The maximum Gasteiger partial charge on any atom is 0.257 e. The van der Waals surface area contributed by atoms with E-state index in [0.29, 0.717) is 31.4 Å². The molecule has 1 fully saturated rings. The van der Waals surface area contributed by atoms with Gasteiger partial charge in [-0.25, -0.2) is 4.99 Å². The van der Waals surface area contributed by atoms with Crippen LogP contribution in [0.5, 0.6) is 0 Å². The van der Waals surface area contributed by atoms with E-state index >= 15 is 0 Å². The normalized spacial score (nSPS) is 25.5. The van der Waals surface area contributed by atoms with Crippen LogP contribution < -0.4 is 5.73 Å². The number of hydrogen-bond donors (Lipinski definition) is 1. The third-order valence-corrected chi connectivity index (χ3v) is 7.02. The van der Waals surface area contributed by atoms with Gasteiger partial charge in [-0.3, -0.25) is 14.5 Å². The number of likely N-dealkylation sites (tertiary alicyclic amines) is 1. The second-order valence-corrected chi connectivity index (χ2v) is 10.4. The lowest BCUT2D eigenvalue weighted by atomic mass is 9.85. The highest BCUT2D eigenvalue weighted by molar-refractivity contribution is 6.06. The summed E-state index contributed by atoms with van der Waals surface area (Å²) in [6.45, 7) is 7.93. The molecule has 3 unspecified atom stereocenters. The Labute approximate surface area is 202 Å². The predicted octanol–water partition coefficient (Wildman–Crippen LogP) is 4.01.